The van der Waals surface area contributed by atoms with E-state index in [0.29, 0.717) is 37.1 Å². The van der Waals surface area contributed by atoms with Gasteiger partial charge >= 0.3 is 0 Å². The molecule has 0 bridgehead atoms. The number of aromatic nitrogens is 2. The Balaban J connectivity index is 1.53. The molecule has 3 heterocycles. The molecule has 0 aromatic carbocycles. The molecule has 0 saturated carbocycles. The first-order valence-corrected chi connectivity index (χ1v) is 9.36. The van der Waals surface area contributed by atoms with Gasteiger partial charge in [-0.05, 0) is 31.6 Å². The van der Waals surface area contributed by atoms with Gasteiger partial charge in [-0.3, -0.25) is 4.79 Å². The van der Waals surface area contributed by atoms with E-state index in [4.69, 9.17) is 14.0 Å². The quantitative estimate of drug-likeness (QED) is 0.780. The van der Waals surface area contributed by atoms with Crippen molar-refractivity contribution in [2.75, 3.05) is 33.4 Å². The van der Waals surface area contributed by atoms with Gasteiger partial charge in [-0.15, -0.1) is 0 Å². The lowest BCUT2D eigenvalue weighted by atomic mass is 9.78. The summed E-state index contributed by atoms with van der Waals surface area (Å²) in [5, 5.41) is 4.02. The number of amides is 1. The molecular weight excluding hydrogens is 322 g/mol. The van der Waals surface area contributed by atoms with E-state index in [0.717, 1.165) is 51.8 Å². The van der Waals surface area contributed by atoms with Gasteiger partial charge in [-0.2, -0.15) is 4.98 Å². The van der Waals surface area contributed by atoms with Crippen LogP contribution < -0.4 is 0 Å². The Bertz CT molecular complexity index is 566. The van der Waals surface area contributed by atoms with Gasteiger partial charge in [0.25, 0.3) is 0 Å². The highest BCUT2D eigenvalue weighted by molar-refractivity contribution is 5.75. The Hall–Kier alpha value is -1.47. The summed E-state index contributed by atoms with van der Waals surface area (Å²) in [6.45, 7) is 4.91. The first-order valence-electron chi connectivity index (χ1n) is 9.36. The number of likely N-dealkylation sites (tertiary alicyclic amines) is 1. The van der Waals surface area contributed by atoms with Gasteiger partial charge in [-0.1, -0.05) is 12.1 Å². The second-order valence-corrected chi connectivity index (χ2v) is 7.18. The molecule has 2 saturated heterocycles. The highest BCUT2D eigenvalue weighted by Gasteiger charge is 2.41. The van der Waals surface area contributed by atoms with Gasteiger partial charge in [0.1, 0.15) is 0 Å². The van der Waals surface area contributed by atoms with Crippen molar-refractivity contribution < 1.29 is 18.8 Å². The molecule has 1 aromatic rings. The lowest BCUT2D eigenvalue weighted by molar-refractivity contribution is -0.147. The van der Waals surface area contributed by atoms with Crippen LogP contribution in [0.1, 0.15) is 50.7 Å². The van der Waals surface area contributed by atoms with E-state index >= 15 is 0 Å². The lowest BCUT2D eigenvalue weighted by Crippen LogP contribution is -2.50. The predicted octanol–water partition coefficient (Wildman–Crippen LogP) is 2.00. The topological polar surface area (TPSA) is 77.7 Å². The molecule has 0 radical (unpaired) electrons. The molecular formula is C18H29N3O4. The molecule has 1 spiro atoms. The van der Waals surface area contributed by atoms with E-state index in [1.54, 1.807) is 7.11 Å². The molecule has 1 atom stereocenters. The Morgan fingerprint density at radius 3 is 2.92 bits per heavy atom. The lowest BCUT2D eigenvalue weighted by Gasteiger charge is -2.46. The molecule has 1 aromatic heterocycles. The maximum Gasteiger partial charge on any atom is 0.226 e. The fourth-order valence-corrected chi connectivity index (χ4v) is 3.95. The van der Waals surface area contributed by atoms with E-state index in [-0.39, 0.29) is 11.5 Å². The molecule has 7 heteroatoms. The van der Waals surface area contributed by atoms with Crippen LogP contribution in [0.3, 0.4) is 0 Å². The van der Waals surface area contributed by atoms with E-state index in [1.807, 2.05) is 11.8 Å². The molecule has 0 aliphatic carbocycles. The second-order valence-electron chi connectivity index (χ2n) is 7.18. The van der Waals surface area contributed by atoms with Crippen LogP contribution >= 0.6 is 0 Å². The number of hydrogen-bond donors (Lipinski definition) is 0. The largest absolute Gasteiger partial charge is 0.384 e. The van der Waals surface area contributed by atoms with Crippen LogP contribution in [-0.4, -0.2) is 60.0 Å². The van der Waals surface area contributed by atoms with Crippen LogP contribution in [0, 0.1) is 5.92 Å². The number of ether oxygens (including phenoxy) is 2. The highest BCUT2D eigenvalue weighted by Crippen LogP contribution is 2.38. The zero-order valence-electron chi connectivity index (χ0n) is 15.3. The number of piperidine rings is 1. The summed E-state index contributed by atoms with van der Waals surface area (Å²) in [5.74, 6) is 2.17. The summed E-state index contributed by atoms with van der Waals surface area (Å²) < 4.78 is 16.6. The average molecular weight is 351 g/mol. The molecule has 2 fully saturated rings. The van der Waals surface area contributed by atoms with Crippen molar-refractivity contribution in [2.24, 2.45) is 5.92 Å². The Morgan fingerprint density at radius 1 is 1.40 bits per heavy atom. The molecule has 1 amide bonds. The maximum absolute atomic E-state index is 11.9. The van der Waals surface area contributed by atoms with E-state index in [2.05, 4.69) is 10.1 Å². The summed E-state index contributed by atoms with van der Waals surface area (Å²) in [7, 11) is 1.67. The summed E-state index contributed by atoms with van der Waals surface area (Å²) in [6, 6.07) is 0. The normalized spacial score (nSPS) is 23.1. The number of nitrogens with zero attached hydrogens (tertiary/aromatic N) is 3. The summed E-state index contributed by atoms with van der Waals surface area (Å²) >= 11 is 0. The number of methoxy groups -OCH3 is 1. The smallest absolute Gasteiger partial charge is 0.226 e. The summed E-state index contributed by atoms with van der Waals surface area (Å²) in [5.41, 5.74) is -0.0770. The van der Waals surface area contributed by atoms with Crippen LogP contribution in [0.2, 0.25) is 0 Å². The second kappa shape index (κ2) is 8.27. The molecule has 0 N–H and O–H groups in total. The van der Waals surface area contributed by atoms with Gasteiger partial charge in [0.15, 0.2) is 5.82 Å². The predicted molar refractivity (Wildman–Crippen MR) is 91.1 cm³/mol. The first kappa shape index (κ1) is 18.3. The number of carbonyl (C=O) groups is 1. The molecule has 3 rings (SSSR count). The van der Waals surface area contributed by atoms with Crippen LogP contribution in [-0.2, 0) is 27.1 Å². The van der Waals surface area contributed by atoms with Crippen LogP contribution in [0.25, 0.3) is 0 Å². The van der Waals surface area contributed by atoms with E-state index < -0.39 is 0 Å². The number of carbonyl (C=O) groups excluding carboxylic acids is 1. The standard InChI is InChI=1S/C18H29N3O4/c1-3-17(22)21-8-6-18(7-9-21)13-14(4-11-24-18)12-16-19-15(20-25-16)5-10-23-2/h14H,3-13H2,1-2H3. The van der Waals surface area contributed by atoms with Crippen molar-refractivity contribution in [1.82, 2.24) is 15.0 Å². The van der Waals surface area contributed by atoms with Gasteiger partial charge in [0.05, 0.1) is 12.2 Å². The fraction of sp³-hybridized carbons (Fsp3) is 0.833. The third kappa shape index (κ3) is 4.58. The van der Waals surface area contributed by atoms with Crippen molar-refractivity contribution in [2.45, 2.75) is 57.5 Å². The molecule has 2 aliphatic heterocycles. The number of hydrogen-bond acceptors (Lipinski definition) is 6. The molecule has 2 aliphatic rings. The van der Waals surface area contributed by atoms with Gasteiger partial charge in [0, 0.05) is 46.1 Å². The summed E-state index contributed by atoms with van der Waals surface area (Å²) in [6.07, 6.45) is 5.96. The minimum Gasteiger partial charge on any atom is -0.384 e. The molecule has 1 unspecified atom stereocenters. The van der Waals surface area contributed by atoms with Crippen molar-refractivity contribution in [3.05, 3.63) is 11.7 Å². The SMILES string of the molecule is CCC(=O)N1CCC2(CC1)CC(Cc1nc(CCOC)no1)CCO2. The monoisotopic (exact) mass is 351 g/mol. The van der Waals surface area contributed by atoms with Crippen LogP contribution in [0.5, 0.6) is 0 Å². The minimum absolute atomic E-state index is 0.0770. The van der Waals surface area contributed by atoms with Crippen molar-refractivity contribution in [3.63, 3.8) is 0 Å². The Kier molecular flexibility index (Phi) is 6.06. The third-order valence-corrected chi connectivity index (χ3v) is 5.43. The average Bonchev–Trinajstić information content (AvgIpc) is 3.07. The summed E-state index contributed by atoms with van der Waals surface area (Å²) in [4.78, 5) is 18.3. The van der Waals surface area contributed by atoms with Crippen molar-refractivity contribution in [1.29, 1.82) is 0 Å². The highest BCUT2D eigenvalue weighted by atomic mass is 16.5. The number of rotatable bonds is 6. The molecule has 25 heavy (non-hydrogen) atoms. The van der Waals surface area contributed by atoms with Crippen molar-refractivity contribution >= 4 is 5.91 Å². The maximum atomic E-state index is 11.9. The Labute approximate surface area is 149 Å². The zero-order valence-corrected chi connectivity index (χ0v) is 15.3. The van der Waals surface area contributed by atoms with Gasteiger partial charge in [-0.25, -0.2) is 0 Å². The fourth-order valence-electron chi connectivity index (χ4n) is 3.95. The van der Waals surface area contributed by atoms with Crippen LogP contribution in [0.15, 0.2) is 4.52 Å². The van der Waals surface area contributed by atoms with Gasteiger partial charge in [0.2, 0.25) is 11.8 Å². The van der Waals surface area contributed by atoms with Crippen LogP contribution in [0.4, 0.5) is 0 Å². The van der Waals surface area contributed by atoms with Crippen molar-refractivity contribution in [3.8, 4) is 0 Å². The molecule has 7 nitrogen and oxygen atoms in total. The third-order valence-electron chi connectivity index (χ3n) is 5.43. The van der Waals surface area contributed by atoms with E-state index in [9.17, 15) is 4.79 Å². The Morgan fingerprint density at radius 2 is 2.20 bits per heavy atom. The van der Waals surface area contributed by atoms with Gasteiger partial charge < -0.3 is 18.9 Å². The minimum atomic E-state index is -0.0770. The first-order chi connectivity index (χ1) is 12.1. The van der Waals surface area contributed by atoms with E-state index in [1.165, 1.54) is 0 Å². The zero-order chi connectivity index (χ0) is 17.7. The molecule has 140 valence electrons.